The van der Waals surface area contributed by atoms with Gasteiger partial charge >= 0.3 is 0 Å². The number of hydrogen-bond donors (Lipinski definition) is 3. The molecule has 64 valence electrons. The molecule has 11 heavy (non-hydrogen) atoms. The highest BCUT2D eigenvalue weighted by Crippen LogP contribution is 1.95. The molecular formula is C6H12N2O3. The van der Waals surface area contributed by atoms with Crippen molar-refractivity contribution in [2.24, 2.45) is 0 Å². The lowest BCUT2D eigenvalue weighted by Gasteiger charge is -2.19. The van der Waals surface area contributed by atoms with E-state index in [0.29, 0.717) is 6.61 Å². The first kappa shape index (κ1) is 10.1. The Labute approximate surface area is 65.0 Å². The average Bonchev–Trinajstić information content (AvgIpc) is 1.98. The number of amidine groups is 1. The molecule has 5 nitrogen and oxygen atoms in total. The second kappa shape index (κ2) is 4.84. The van der Waals surface area contributed by atoms with E-state index < -0.39 is 12.1 Å². The van der Waals surface area contributed by atoms with Crippen LogP contribution in [0.5, 0.6) is 0 Å². The zero-order valence-electron chi connectivity index (χ0n) is 6.32. The molecule has 0 radical (unpaired) electrons. The minimum atomic E-state index is -1.83. The fourth-order valence-electron chi connectivity index (χ4n) is 0.473. The fraction of sp³-hybridized carbons (Fsp3) is 0.500. The van der Waals surface area contributed by atoms with Crippen LogP contribution in [-0.2, 0) is 4.84 Å². The largest absolute Gasteiger partial charge is 0.362 e. The summed E-state index contributed by atoms with van der Waals surface area (Å²) in [4.78, 5) is 4.78. The van der Waals surface area contributed by atoms with Gasteiger partial charge in [0.25, 0.3) is 0 Å². The van der Waals surface area contributed by atoms with Gasteiger partial charge < -0.3 is 10.2 Å². The Morgan fingerprint density at radius 3 is 2.64 bits per heavy atom. The molecule has 0 aliphatic rings. The molecule has 0 aliphatic carbocycles. The lowest BCUT2D eigenvalue weighted by molar-refractivity contribution is -0.0817. The number of hydroxylamine groups is 2. The average molecular weight is 160 g/mol. The number of aliphatic hydroxyl groups is 2. The highest BCUT2D eigenvalue weighted by atomic mass is 16.7. The summed E-state index contributed by atoms with van der Waals surface area (Å²) in [5, 5.41) is 24.9. The Hall–Kier alpha value is -0.910. The maximum atomic E-state index is 8.51. The van der Waals surface area contributed by atoms with Crippen molar-refractivity contribution in [3.05, 3.63) is 12.8 Å². The van der Waals surface area contributed by atoms with E-state index in [1.807, 2.05) is 0 Å². The smallest absolute Gasteiger partial charge is 0.214 e. The number of aliphatic hydroxyl groups excluding tert-OH is 1. The molecule has 0 bridgehead atoms. The third kappa shape index (κ3) is 3.13. The van der Waals surface area contributed by atoms with Crippen LogP contribution in [0.1, 0.15) is 6.92 Å². The first-order valence-corrected chi connectivity index (χ1v) is 3.12. The van der Waals surface area contributed by atoms with Crippen molar-refractivity contribution in [2.45, 2.75) is 13.2 Å². The lowest BCUT2D eigenvalue weighted by atomic mass is 10.5. The van der Waals surface area contributed by atoms with E-state index in [0.717, 1.165) is 5.06 Å². The van der Waals surface area contributed by atoms with E-state index in [2.05, 4.69) is 6.58 Å². The van der Waals surface area contributed by atoms with Gasteiger partial charge in [0.1, 0.15) is 0 Å². The number of nitrogens with one attached hydrogen (secondary N) is 1. The van der Waals surface area contributed by atoms with Crippen molar-refractivity contribution in [1.82, 2.24) is 5.06 Å². The highest BCUT2D eigenvalue weighted by Gasteiger charge is 2.12. The minimum Gasteiger partial charge on any atom is -0.362 e. The Morgan fingerprint density at radius 1 is 1.82 bits per heavy atom. The van der Waals surface area contributed by atoms with Crippen LogP contribution in [0.4, 0.5) is 0 Å². The Morgan fingerprint density at radius 2 is 2.36 bits per heavy atom. The van der Waals surface area contributed by atoms with Crippen molar-refractivity contribution in [3.63, 3.8) is 0 Å². The SMILES string of the molecule is C=CN(OCC)C(=N)C(O)O. The second-order valence-corrected chi connectivity index (χ2v) is 1.69. The van der Waals surface area contributed by atoms with Crippen molar-refractivity contribution in [2.75, 3.05) is 6.61 Å². The number of nitrogens with zero attached hydrogens (tertiary/aromatic N) is 1. The molecule has 0 saturated carbocycles. The standard InChI is InChI=1S/C6H12N2O3/c1-3-8(11-4-2)5(7)6(9)10/h3,6-7,9-10H,1,4H2,2H3. The molecule has 0 amide bonds. The monoisotopic (exact) mass is 160 g/mol. The van der Waals surface area contributed by atoms with Crippen molar-refractivity contribution < 1.29 is 15.1 Å². The molecule has 0 aromatic heterocycles. The molecule has 3 N–H and O–H groups in total. The van der Waals surface area contributed by atoms with E-state index in [9.17, 15) is 0 Å². The summed E-state index contributed by atoms with van der Waals surface area (Å²) >= 11 is 0. The van der Waals surface area contributed by atoms with Gasteiger partial charge in [-0.1, -0.05) is 6.58 Å². The summed E-state index contributed by atoms with van der Waals surface area (Å²) < 4.78 is 0. The van der Waals surface area contributed by atoms with E-state index in [1.54, 1.807) is 6.92 Å². The predicted octanol–water partition coefficient (Wildman–Crippen LogP) is -0.329. The molecule has 0 aromatic carbocycles. The first-order chi connectivity index (χ1) is 5.13. The molecule has 0 aromatic rings. The Kier molecular flexibility index (Phi) is 4.44. The molecule has 0 fully saturated rings. The summed E-state index contributed by atoms with van der Waals surface area (Å²) in [6.07, 6.45) is -0.648. The van der Waals surface area contributed by atoms with Crippen LogP contribution >= 0.6 is 0 Å². The van der Waals surface area contributed by atoms with E-state index in [4.69, 9.17) is 20.5 Å². The fourth-order valence-corrected chi connectivity index (χ4v) is 0.473. The third-order valence-electron chi connectivity index (χ3n) is 0.916. The zero-order chi connectivity index (χ0) is 8.85. The van der Waals surface area contributed by atoms with Gasteiger partial charge in [0.2, 0.25) is 6.29 Å². The number of hydrogen-bond acceptors (Lipinski definition) is 4. The van der Waals surface area contributed by atoms with Gasteiger partial charge in [-0.15, -0.1) is 0 Å². The van der Waals surface area contributed by atoms with Crippen molar-refractivity contribution in [3.8, 4) is 0 Å². The summed E-state index contributed by atoms with van der Waals surface area (Å²) in [5.41, 5.74) is 0. The summed E-state index contributed by atoms with van der Waals surface area (Å²) in [7, 11) is 0. The summed E-state index contributed by atoms with van der Waals surface area (Å²) in [5.74, 6) is -0.457. The maximum Gasteiger partial charge on any atom is 0.214 e. The highest BCUT2D eigenvalue weighted by molar-refractivity contribution is 5.81. The topological polar surface area (TPSA) is 76.8 Å². The molecule has 0 heterocycles. The van der Waals surface area contributed by atoms with Crippen LogP contribution in [0.25, 0.3) is 0 Å². The third-order valence-corrected chi connectivity index (χ3v) is 0.916. The van der Waals surface area contributed by atoms with Crippen LogP contribution in [0.3, 0.4) is 0 Å². The van der Waals surface area contributed by atoms with Crippen LogP contribution < -0.4 is 0 Å². The maximum absolute atomic E-state index is 8.51. The molecule has 0 aliphatic heterocycles. The Bertz CT molecular complexity index is 147. The summed E-state index contributed by atoms with van der Waals surface area (Å²) in [6, 6.07) is 0. The normalized spacial score (nSPS) is 9.82. The van der Waals surface area contributed by atoms with Gasteiger partial charge in [-0.05, 0) is 6.92 Å². The number of rotatable bonds is 4. The van der Waals surface area contributed by atoms with Gasteiger partial charge in [0, 0.05) is 6.20 Å². The van der Waals surface area contributed by atoms with E-state index >= 15 is 0 Å². The van der Waals surface area contributed by atoms with Crippen molar-refractivity contribution >= 4 is 5.84 Å². The van der Waals surface area contributed by atoms with Gasteiger partial charge in [-0.2, -0.15) is 0 Å². The quantitative estimate of drug-likeness (QED) is 0.228. The van der Waals surface area contributed by atoms with Crippen LogP contribution in [0.2, 0.25) is 0 Å². The second-order valence-electron chi connectivity index (χ2n) is 1.69. The minimum absolute atomic E-state index is 0.334. The van der Waals surface area contributed by atoms with Gasteiger partial charge in [0.05, 0.1) is 6.61 Å². The van der Waals surface area contributed by atoms with Crippen molar-refractivity contribution in [1.29, 1.82) is 5.41 Å². The first-order valence-electron chi connectivity index (χ1n) is 3.12. The van der Waals surface area contributed by atoms with Crippen LogP contribution in [0.15, 0.2) is 12.8 Å². The van der Waals surface area contributed by atoms with Gasteiger partial charge in [-0.25, -0.2) is 5.06 Å². The Balaban J connectivity index is 4.02. The van der Waals surface area contributed by atoms with Gasteiger partial charge in [-0.3, -0.25) is 10.2 Å². The molecule has 0 unspecified atom stereocenters. The van der Waals surface area contributed by atoms with E-state index in [1.165, 1.54) is 6.20 Å². The molecule has 0 saturated heterocycles. The summed E-state index contributed by atoms with van der Waals surface area (Å²) in [6.45, 7) is 5.37. The molecule has 5 heteroatoms. The molecule has 0 rings (SSSR count). The van der Waals surface area contributed by atoms with Gasteiger partial charge in [0.15, 0.2) is 5.84 Å². The predicted molar refractivity (Wildman–Crippen MR) is 39.6 cm³/mol. The molecular weight excluding hydrogens is 148 g/mol. The van der Waals surface area contributed by atoms with Crippen LogP contribution in [0, 0.1) is 5.41 Å². The zero-order valence-corrected chi connectivity index (χ0v) is 6.32. The van der Waals surface area contributed by atoms with E-state index in [-0.39, 0.29) is 0 Å². The van der Waals surface area contributed by atoms with Crippen LogP contribution in [-0.4, -0.2) is 34.0 Å². The lowest BCUT2D eigenvalue weighted by Crippen LogP contribution is -2.34. The molecule has 0 atom stereocenters. The molecule has 0 spiro atoms.